The molecule has 3 aromatic rings. The fourth-order valence-electron chi connectivity index (χ4n) is 3.18. The second-order valence-electron chi connectivity index (χ2n) is 6.34. The number of benzene rings is 1. The zero-order valence-corrected chi connectivity index (χ0v) is 14.4. The summed E-state index contributed by atoms with van der Waals surface area (Å²) in [5.74, 6) is 1.46. The monoisotopic (exact) mass is 349 g/mol. The van der Waals surface area contributed by atoms with Crippen LogP contribution in [0.3, 0.4) is 0 Å². The number of rotatable bonds is 5. The number of hydrogen-bond acceptors (Lipinski definition) is 6. The molecule has 7 heteroatoms. The van der Waals surface area contributed by atoms with E-state index in [9.17, 15) is 4.79 Å². The Hall–Kier alpha value is -3.09. The molecule has 4 rings (SSSR count). The van der Waals surface area contributed by atoms with Gasteiger partial charge in [0.05, 0.1) is 11.8 Å². The molecular formula is C19H19N5O2. The molecule has 1 aliphatic rings. The van der Waals surface area contributed by atoms with Crippen molar-refractivity contribution in [2.45, 2.75) is 25.2 Å². The van der Waals surface area contributed by atoms with Gasteiger partial charge in [0.25, 0.3) is 0 Å². The molecule has 0 N–H and O–H groups in total. The first-order chi connectivity index (χ1) is 12.8. The van der Waals surface area contributed by atoms with Crippen LogP contribution in [0.4, 0.5) is 0 Å². The summed E-state index contributed by atoms with van der Waals surface area (Å²) in [6, 6.07) is 11.6. The fourth-order valence-corrected chi connectivity index (χ4v) is 3.18. The highest BCUT2D eigenvalue weighted by Crippen LogP contribution is 2.31. The maximum absolute atomic E-state index is 12.8. The number of hydrogen-bond donors (Lipinski definition) is 0. The van der Waals surface area contributed by atoms with Gasteiger partial charge in [0.2, 0.25) is 23.4 Å². The van der Waals surface area contributed by atoms with Crippen LogP contribution in [0.1, 0.15) is 36.6 Å². The van der Waals surface area contributed by atoms with E-state index in [1.54, 1.807) is 18.5 Å². The van der Waals surface area contributed by atoms with E-state index in [2.05, 4.69) is 20.1 Å². The van der Waals surface area contributed by atoms with Gasteiger partial charge in [-0.05, 0) is 18.1 Å². The molecule has 1 saturated heterocycles. The normalized spacial score (nSPS) is 15.5. The molecule has 3 heterocycles. The van der Waals surface area contributed by atoms with Gasteiger partial charge in [-0.25, -0.2) is 9.97 Å². The molecule has 0 spiro atoms. The van der Waals surface area contributed by atoms with E-state index in [-0.39, 0.29) is 17.7 Å². The minimum absolute atomic E-state index is 0.0668. The second-order valence-corrected chi connectivity index (χ2v) is 6.34. The quantitative estimate of drug-likeness (QED) is 0.704. The van der Waals surface area contributed by atoms with Crippen molar-refractivity contribution in [1.29, 1.82) is 0 Å². The molecule has 0 radical (unpaired) electrons. The predicted octanol–water partition coefficient (Wildman–Crippen LogP) is 2.65. The third kappa shape index (κ3) is 3.08. The van der Waals surface area contributed by atoms with Gasteiger partial charge in [-0.3, -0.25) is 4.79 Å². The van der Waals surface area contributed by atoms with Crippen molar-refractivity contribution in [2.24, 2.45) is 0 Å². The van der Waals surface area contributed by atoms with Gasteiger partial charge in [-0.2, -0.15) is 4.98 Å². The average Bonchev–Trinajstić information content (AvgIpc) is 3.12. The van der Waals surface area contributed by atoms with E-state index in [1.807, 2.05) is 42.2 Å². The Bertz CT molecular complexity index is 875. The van der Waals surface area contributed by atoms with Crippen LogP contribution in [0.25, 0.3) is 11.6 Å². The smallest absolute Gasteiger partial charge is 0.240 e. The Balaban J connectivity index is 1.41. The van der Waals surface area contributed by atoms with E-state index in [0.717, 1.165) is 12.0 Å². The van der Waals surface area contributed by atoms with E-state index in [1.165, 1.54) is 0 Å². The molecule has 0 aliphatic carbocycles. The first kappa shape index (κ1) is 16.4. The number of aromatic nitrogens is 4. The van der Waals surface area contributed by atoms with Gasteiger partial charge in [0.15, 0.2) is 0 Å². The van der Waals surface area contributed by atoms with Gasteiger partial charge < -0.3 is 9.42 Å². The zero-order valence-electron chi connectivity index (χ0n) is 14.4. The lowest BCUT2D eigenvalue weighted by molar-refractivity contribution is -0.137. The number of amides is 1. The molecule has 26 heavy (non-hydrogen) atoms. The molecule has 0 bridgehead atoms. The Morgan fingerprint density at radius 2 is 1.88 bits per heavy atom. The van der Waals surface area contributed by atoms with Crippen molar-refractivity contribution in [3.8, 4) is 11.6 Å². The molecule has 1 unspecified atom stereocenters. The summed E-state index contributed by atoms with van der Waals surface area (Å²) >= 11 is 0. The maximum atomic E-state index is 12.8. The summed E-state index contributed by atoms with van der Waals surface area (Å²) in [4.78, 5) is 27.3. The zero-order chi connectivity index (χ0) is 17.9. The summed E-state index contributed by atoms with van der Waals surface area (Å²) < 4.78 is 5.34. The highest BCUT2D eigenvalue weighted by atomic mass is 16.5. The molecule has 1 fully saturated rings. The van der Waals surface area contributed by atoms with Crippen molar-refractivity contribution in [2.75, 3.05) is 13.1 Å². The molecule has 132 valence electrons. The number of carbonyl (C=O) groups excluding carboxylic acids is 1. The third-order valence-electron chi connectivity index (χ3n) is 4.66. The predicted molar refractivity (Wildman–Crippen MR) is 94.1 cm³/mol. The highest BCUT2D eigenvalue weighted by Gasteiger charge is 2.38. The number of carbonyl (C=O) groups is 1. The van der Waals surface area contributed by atoms with Crippen LogP contribution in [0, 0.1) is 0 Å². The molecule has 7 nitrogen and oxygen atoms in total. The van der Waals surface area contributed by atoms with Crippen LogP contribution in [0.2, 0.25) is 0 Å². The van der Waals surface area contributed by atoms with Gasteiger partial charge in [-0.15, -0.1) is 0 Å². The van der Waals surface area contributed by atoms with Crippen molar-refractivity contribution < 1.29 is 9.32 Å². The summed E-state index contributed by atoms with van der Waals surface area (Å²) in [6.45, 7) is 3.23. The van der Waals surface area contributed by atoms with Gasteiger partial charge in [0, 0.05) is 25.5 Å². The third-order valence-corrected chi connectivity index (χ3v) is 4.66. The van der Waals surface area contributed by atoms with Crippen LogP contribution in [-0.2, 0) is 4.79 Å². The fraction of sp³-hybridized carbons (Fsp3) is 0.316. The second kappa shape index (κ2) is 7.03. The maximum Gasteiger partial charge on any atom is 0.240 e. The lowest BCUT2D eigenvalue weighted by Crippen LogP contribution is -2.50. The molecule has 1 atom stereocenters. The molecule has 1 aliphatic heterocycles. The molecule has 1 aromatic carbocycles. The first-order valence-corrected chi connectivity index (χ1v) is 8.71. The summed E-state index contributed by atoms with van der Waals surface area (Å²) in [6.07, 6.45) is 4.05. The lowest BCUT2D eigenvalue weighted by Gasteiger charge is -2.39. The van der Waals surface area contributed by atoms with Gasteiger partial charge >= 0.3 is 0 Å². The van der Waals surface area contributed by atoms with Crippen molar-refractivity contribution >= 4 is 5.91 Å². The Morgan fingerprint density at radius 3 is 2.58 bits per heavy atom. The van der Waals surface area contributed by atoms with Gasteiger partial charge in [0.1, 0.15) is 0 Å². The van der Waals surface area contributed by atoms with Crippen LogP contribution in [0.15, 0.2) is 53.3 Å². The Morgan fingerprint density at radius 1 is 1.15 bits per heavy atom. The molecule has 2 aromatic heterocycles. The molecular weight excluding hydrogens is 330 g/mol. The van der Waals surface area contributed by atoms with Crippen molar-refractivity contribution in [1.82, 2.24) is 25.0 Å². The minimum Gasteiger partial charge on any atom is -0.340 e. The summed E-state index contributed by atoms with van der Waals surface area (Å²) in [5, 5.41) is 3.94. The first-order valence-electron chi connectivity index (χ1n) is 8.71. The summed E-state index contributed by atoms with van der Waals surface area (Å²) in [7, 11) is 0. The van der Waals surface area contributed by atoms with E-state index in [0.29, 0.717) is 30.6 Å². The lowest BCUT2D eigenvalue weighted by atomic mass is 9.91. The molecule has 0 saturated carbocycles. The number of nitrogens with zero attached hydrogens (tertiary/aromatic N) is 5. The molecule has 1 amide bonds. The Labute approximate surface area is 151 Å². The van der Waals surface area contributed by atoms with E-state index >= 15 is 0 Å². The topological polar surface area (TPSA) is 85.0 Å². The van der Waals surface area contributed by atoms with E-state index < -0.39 is 0 Å². The SMILES string of the molecule is CCC(C(=O)N1CC(c2nc(-c3ncccn3)no2)C1)c1ccccc1. The average molecular weight is 349 g/mol. The number of likely N-dealkylation sites (tertiary alicyclic amines) is 1. The van der Waals surface area contributed by atoms with Crippen LogP contribution >= 0.6 is 0 Å². The van der Waals surface area contributed by atoms with Crippen LogP contribution in [-0.4, -0.2) is 44.0 Å². The van der Waals surface area contributed by atoms with Crippen molar-refractivity contribution in [3.05, 3.63) is 60.2 Å². The minimum atomic E-state index is -0.104. The largest absolute Gasteiger partial charge is 0.340 e. The van der Waals surface area contributed by atoms with E-state index in [4.69, 9.17) is 4.52 Å². The van der Waals surface area contributed by atoms with Crippen LogP contribution < -0.4 is 0 Å². The standard InChI is InChI=1S/C19H19N5O2/c1-2-15(13-7-4-3-5-8-13)19(25)24-11-14(12-24)18-22-17(23-26-18)16-20-9-6-10-21-16/h3-10,14-15H,2,11-12H2,1H3. The van der Waals surface area contributed by atoms with Gasteiger partial charge in [-0.1, -0.05) is 42.4 Å². The van der Waals surface area contributed by atoms with Crippen LogP contribution in [0.5, 0.6) is 0 Å². The Kier molecular flexibility index (Phi) is 4.43. The van der Waals surface area contributed by atoms with Crippen molar-refractivity contribution in [3.63, 3.8) is 0 Å². The summed E-state index contributed by atoms with van der Waals surface area (Å²) in [5.41, 5.74) is 1.06. The highest BCUT2D eigenvalue weighted by molar-refractivity contribution is 5.84.